The normalized spacial score (nSPS) is 12.1. The number of carbonyl (C=O) groups excluding carboxylic acids is 4. The Bertz CT molecular complexity index is 1160. The van der Waals surface area contributed by atoms with Gasteiger partial charge in [0, 0.05) is 45.4 Å². The zero-order valence-electron chi connectivity index (χ0n) is 35.6. The number of carboxylic acids is 3. The van der Waals surface area contributed by atoms with E-state index in [2.05, 4.69) is 16.0 Å². The third kappa shape index (κ3) is 38.3. The van der Waals surface area contributed by atoms with Crippen molar-refractivity contribution in [2.24, 2.45) is 5.92 Å². The van der Waals surface area contributed by atoms with Crippen molar-refractivity contribution in [1.82, 2.24) is 16.0 Å². The Labute approximate surface area is 350 Å². The number of unbranched alkanes of at least 4 members (excludes halogenated alkanes) is 12. The van der Waals surface area contributed by atoms with Gasteiger partial charge < -0.3 is 50.2 Å². The lowest BCUT2D eigenvalue weighted by atomic mass is 9.99. The molecule has 0 aliphatic heterocycles. The highest BCUT2D eigenvalue weighted by Gasteiger charge is 2.21. The number of aliphatic carboxylic acids is 3. The van der Waals surface area contributed by atoms with Crippen molar-refractivity contribution in [1.29, 1.82) is 0 Å². The molecule has 342 valence electrons. The highest BCUT2D eigenvalue weighted by molar-refractivity contribution is 5.84. The third-order valence-electron chi connectivity index (χ3n) is 9.56. The maximum atomic E-state index is 12.3. The van der Waals surface area contributed by atoms with E-state index in [-0.39, 0.29) is 114 Å². The SMILES string of the molecule is CC[C@@H](CCCCNC(=O)COCCOCCNC(=O)COCCOCCCC(=O)CC[C@H](NC(=O)CCCCCCCCCCCCCCC(=O)O)C(=O)O)C(=O)O. The summed E-state index contributed by atoms with van der Waals surface area (Å²) in [6.45, 7) is 3.79. The third-order valence-corrected chi connectivity index (χ3v) is 9.56. The first-order valence-electron chi connectivity index (χ1n) is 21.8. The highest BCUT2D eigenvalue weighted by Crippen LogP contribution is 2.14. The second-order valence-corrected chi connectivity index (χ2v) is 14.7. The van der Waals surface area contributed by atoms with E-state index < -0.39 is 23.9 Å². The number of nitrogens with one attached hydrogen (secondary N) is 3. The smallest absolute Gasteiger partial charge is 0.326 e. The van der Waals surface area contributed by atoms with E-state index in [1.807, 2.05) is 6.92 Å². The summed E-state index contributed by atoms with van der Waals surface area (Å²) in [5.41, 5.74) is 0. The van der Waals surface area contributed by atoms with Gasteiger partial charge in [0.25, 0.3) is 0 Å². The lowest BCUT2D eigenvalue weighted by molar-refractivity contribution is -0.142. The molecule has 17 heteroatoms. The maximum absolute atomic E-state index is 12.3. The second kappa shape index (κ2) is 39.8. The van der Waals surface area contributed by atoms with Crippen LogP contribution >= 0.6 is 0 Å². The lowest BCUT2D eigenvalue weighted by Gasteiger charge is -2.14. The van der Waals surface area contributed by atoms with Crippen LogP contribution in [0.4, 0.5) is 0 Å². The van der Waals surface area contributed by atoms with Gasteiger partial charge in [0.2, 0.25) is 17.7 Å². The van der Waals surface area contributed by atoms with Crippen molar-refractivity contribution in [2.45, 2.75) is 154 Å². The quantitative estimate of drug-likeness (QED) is 0.0451. The molecule has 0 saturated heterocycles. The van der Waals surface area contributed by atoms with Gasteiger partial charge in [-0.1, -0.05) is 77.6 Å². The van der Waals surface area contributed by atoms with Gasteiger partial charge in [0.15, 0.2) is 0 Å². The average Bonchev–Trinajstić information content (AvgIpc) is 3.19. The Kier molecular flexibility index (Phi) is 37.3. The van der Waals surface area contributed by atoms with Gasteiger partial charge in [-0.25, -0.2) is 4.79 Å². The number of ketones is 1. The summed E-state index contributed by atoms with van der Waals surface area (Å²) < 4.78 is 21.4. The van der Waals surface area contributed by atoms with Gasteiger partial charge in [-0.3, -0.25) is 28.8 Å². The Morgan fingerprint density at radius 3 is 1.49 bits per heavy atom. The van der Waals surface area contributed by atoms with E-state index in [9.17, 15) is 38.7 Å². The summed E-state index contributed by atoms with van der Waals surface area (Å²) in [6, 6.07) is -1.11. The second-order valence-electron chi connectivity index (χ2n) is 14.7. The summed E-state index contributed by atoms with van der Waals surface area (Å²) >= 11 is 0. The number of hydrogen-bond donors (Lipinski definition) is 6. The number of Topliss-reactive ketones (excluding diaryl/α,β-unsaturated/α-hetero) is 1. The van der Waals surface area contributed by atoms with Crippen LogP contribution in [0.5, 0.6) is 0 Å². The van der Waals surface area contributed by atoms with E-state index in [4.69, 9.17) is 29.2 Å². The molecule has 0 aromatic carbocycles. The van der Waals surface area contributed by atoms with Crippen LogP contribution in [0.3, 0.4) is 0 Å². The molecule has 0 aromatic heterocycles. The Balaban J connectivity index is 3.66. The monoisotopic (exact) mass is 846 g/mol. The molecule has 0 aliphatic rings. The van der Waals surface area contributed by atoms with Crippen LogP contribution < -0.4 is 16.0 Å². The molecule has 0 radical (unpaired) electrons. The zero-order chi connectivity index (χ0) is 43.8. The van der Waals surface area contributed by atoms with Crippen LogP contribution in [0.2, 0.25) is 0 Å². The number of hydrogen-bond acceptors (Lipinski definition) is 11. The van der Waals surface area contributed by atoms with E-state index in [1.54, 1.807) is 0 Å². The Morgan fingerprint density at radius 1 is 0.458 bits per heavy atom. The number of rotatable bonds is 44. The topological polar surface area (TPSA) is 253 Å². The predicted molar refractivity (Wildman–Crippen MR) is 220 cm³/mol. The number of ether oxygens (including phenoxy) is 4. The summed E-state index contributed by atoms with van der Waals surface area (Å²) in [4.78, 5) is 81.4. The van der Waals surface area contributed by atoms with E-state index in [1.165, 1.54) is 19.3 Å². The fourth-order valence-corrected chi connectivity index (χ4v) is 6.04. The minimum atomic E-state index is -1.16. The van der Waals surface area contributed by atoms with Crippen molar-refractivity contribution in [3.63, 3.8) is 0 Å². The first-order chi connectivity index (χ1) is 28.5. The van der Waals surface area contributed by atoms with Gasteiger partial charge >= 0.3 is 17.9 Å². The molecular formula is C42H75N3O14. The summed E-state index contributed by atoms with van der Waals surface area (Å²) in [6.07, 6.45) is 16.2. The van der Waals surface area contributed by atoms with Gasteiger partial charge in [-0.2, -0.15) is 0 Å². The van der Waals surface area contributed by atoms with Crippen LogP contribution in [-0.4, -0.2) is 129 Å². The van der Waals surface area contributed by atoms with Crippen molar-refractivity contribution in [2.75, 3.05) is 65.9 Å². The minimum absolute atomic E-state index is 0.0288. The number of carbonyl (C=O) groups is 7. The number of carboxylic acid groups (broad SMARTS) is 3. The molecule has 0 heterocycles. The van der Waals surface area contributed by atoms with E-state index in [0.29, 0.717) is 45.3 Å². The predicted octanol–water partition coefficient (Wildman–Crippen LogP) is 4.81. The highest BCUT2D eigenvalue weighted by atomic mass is 16.5. The molecule has 0 aliphatic carbocycles. The molecule has 59 heavy (non-hydrogen) atoms. The molecule has 0 aromatic rings. The van der Waals surface area contributed by atoms with Crippen molar-refractivity contribution >= 4 is 41.4 Å². The van der Waals surface area contributed by atoms with Crippen LogP contribution in [0.1, 0.15) is 148 Å². The molecule has 0 bridgehead atoms. The molecule has 0 fully saturated rings. The van der Waals surface area contributed by atoms with E-state index >= 15 is 0 Å². The lowest BCUT2D eigenvalue weighted by Crippen LogP contribution is -2.41. The van der Waals surface area contributed by atoms with Gasteiger partial charge in [-0.05, 0) is 44.9 Å². The molecule has 2 atom stereocenters. The summed E-state index contributed by atoms with van der Waals surface area (Å²) in [5, 5.41) is 35.1. The Hall–Kier alpha value is -3.67. The largest absolute Gasteiger partial charge is 0.481 e. The first kappa shape index (κ1) is 55.3. The van der Waals surface area contributed by atoms with E-state index in [0.717, 1.165) is 57.8 Å². The fourth-order valence-electron chi connectivity index (χ4n) is 6.04. The molecule has 3 amide bonds. The maximum Gasteiger partial charge on any atom is 0.326 e. The average molecular weight is 846 g/mol. The molecule has 0 unspecified atom stereocenters. The van der Waals surface area contributed by atoms with Crippen molar-refractivity contribution in [3.8, 4) is 0 Å². The van der Waals surface area contributed by atoms with Gasteiger partial charge in [-0.15, -0.1) is 0 Å². The first-order valence-corrected chi connectivity index (χ1v) is 21.8. The Morgan fingerprint density at radius 2 is 0.966 bits per heavy atom. The summed E-state index contributed by atoms with van der Waals surface area (Å²) in [7, 11) is 0. The fraction of sp³-hybridized carbons (Fsp3) is 0.833. The zero-order valence-corrected chi connectivity index (χ0v) is 35.6. The van der Waals surface area contributed by atoms with Gasteiger partial charge in [0.1, 0.15) is 25.0 Å². The van der Waals surface area contributed by atoms with Crippen molar-refractivity contribution < 1.29 is 67.8 Å². The van der Waals surface area contributed by atoms with Crippen LogP contribution in [0.15, 0.2) is 0 Å². The molecule has 0 rings (SSSR count). The minimum Gasteiger partial charge on any atom is -0.481 e. The molecule has 6 N–H and O–H groups in total. The number of amides is 3. The molecule has 0 saturated carbocycles. The van der Waals surface area contributed by atoms with Crippen LogP contribution in [0.25, 0.3) is 0 Å². The van der Waals surface area contributed by atoms with Crippen molar-refractivity contribution in [3.05, 3.63) is 0 Å². The van der Waals surface area contributed by atoms with Crippen LogP contribution in [0, 0.1) is 5.92 Å². The standard InChI is InChI=1S/C42H75N3O14/c1-2-34(41(52)53)18-15-16-24-43-38(48)32-59-31-29-57-27-25-44-39(49)33-58-30-28-56-26-17-19-35(46)22-23-36(42(54)55)45-37(47)20-13-11-9-7-5-3-4-6-8-10-12-14-21-40(50)51/h34,36H,2-33H2,1H3,(H,43,48)(H,44,49)(H,45,47)(H,50,51)(H,52,53)(H,54,55)/t34-,36-/m0/s1. The summed E-state index contributed by atoms with van der Waals surface area (Å²) in [5.74, 6) is -4.02. The van der Waals surface area contributed by atoms with Gasteiger partial charge in [0.05, 0.1) is 39.0 Å². The molecular weight excluding hydrogens is 770 g/mol. The molecule has 17 nitrogen and oxygen atoms in total. The van der Waals surface area contributed by atoms with Crippen LogP contribution in [-0.2, 0) is 52.5 Å². The molecule has 0 spiro atoms.